The van der Waals surface area contributed by atoms with Crippen molar-refractivity contribution in [3.05, 3.63) is 71.3 Å². The monoisotopic (exact) mass is 410 g/mol. The highest BCUT2D eigenvalue weighted by Gasteiger charge is 2.12. The number of nitrogens with one attached hydrogen (secondary N) is 2. The summed E-state index contributed by atoms with van der Waals surface area (Å²) in [5, 5.41) is 5.36. The minimum atomic E-state index is -0.663. The number of nitrogens with zero attached hydrogens (tertiary/aromatic N) is 3. The second-order valence-corrected chi connectivity index (χ2v) is 6.22. The Morgan fingerprint density at radius 1 is 1.07 bits per heavy atom. The molecule has 0 aliphatic carbocycles. The molecule has 2 aromatic carbocycles. The Hall–Kier alpha value is -4.08. The number of benzene rings is 2. The van der Waals surface area contributed by atoms with Gasteiger partial charge in [-0.3, -0.25) is 9.59 Å². The zero-order chi connectivity index (χ0) is 21.5. The van der Waals surface area contributed by atoms with Gasteiger partial charge in [0.15, 0.2) is 12.4 Å². The Labute approximate surface area is 171 Å². The number of carbonyl (C=O) groups excluding carboxylic acids is 2. The number of ether oxygens (including phenoxy) is 1. The van der Waals surface area contributed by atoms with E-state index in [-0.39, 0.29) is 42.6 Å². The van der Waals surface area contributed by atoms with Gasteiger partial charge in [-0.25, -0.2) is 4.39 Å². The quantitative estimate of drug-likeness (QED) is 0.505. The van der Waals surface area contributed by atoms with Crippen LogP contribution in [0.1, 0.15) is 21.7 Å². The van der Waals surface area contributed by atoms with Crippen LogP contribution in [0.5, 0.6) is 0 Å². The Balaban J connectivity index is 1.54. The summed E-state index contributed by atoms with van der Waals surface area (Å²) in [4.78, 5) is 36.0. The molecule has 0 atom stereocenters. The first-order chi connectivity index (χ1) is 14.4. The van der Waals surface area contributed by atoms with Crippen molar-refractivity contribution in [1.29, 1.82) is 0 Å². The summed E-state index contributed by atoms with van der Waals surface area (Å²) in [7, 11) is 0. The number of aryl methyl sites for hydroxylation is 1. The van der Waals surface area contributed by atoms with Crippen molar-refractivity contribution >= 4 is 29.5 Å². The molecule has 0 spiro atoms. The first kappa shape index (κ1) is 20.6. The molecular weight excluding hydrogens is 391 g/mol. The van der Waals surface area contributed by atoms with Crippen molar-refractivity contribution in [2.24, 2.45) is 0 Å². The maximum atomic E-state index is 13.0. The number of hydrogen-bond acceptors (Lipinski definition) is 8. The summed E-state index contributed by atoms with van der Waals surface area (Å²) in [6.45, 7) is 1.23. The standard InChI is InChI=1S/C20H19FN6O3/c1-12-4-2-3-5-15(12)18(29)23-10-17(28)30-11-16-25-19(22)27-20(26-16)24-14-8-6-13(21)7-9-14/h2-9H,10-11H2,1H3,(H,23,29)(H3,22,24,25,26,27). The largest absolute Gasteiger partial charge is 0.456 e. The summed E-state index contributed by atoms with van der Waals surface area (Å²) in [5.41, 5.74) is 7.48. The minimum absolute atomic E-state index is 0.0754. The fraction of sp³-hybridized carbons (Fsp3) is 0.150. The molecule has 10 heteroatoms. The van der Waals surface area contributed by atoms with Crippen molar-refractivity contribution in [1.82, 2.24) is 20.3 Å². The fourth-order valence-electron chi connectivity index (χ4n) is 2.49. The van der Waals surface area contributed by atoms with Crippen molar-refractivity contribution in [3.8, 4) is 0 Å². The zero-order valence-corrected chi connectivity index (χ0v) is 16.1. The number of halogens is 1. The third-order valence-corrected chi connectivity index (χ3v) is 3.94. The number of rotatable bonds is 7. The van der Waals surface area contributed by atoms with E-state index in [9.17, 15) is 14.0 Å². The van der Waals surface area contributed by atoms with E-state index < -0.39 is 5.97 Å². The number of amides is 1. The zero-order valence-electron chi connectivity index (χ0n) is 16.1. The molecule has 3 aromatic rings. The van der Waals surface area contributed by atoms with Gasteiger partial charge in [0.1, 0.15) is 12.4 Å². The van der Waals surface area contributed by atoms with Crippen LogP contribution in [-0.4, -0.2) is 33.4 Å². The molecule has 1 aromatic heterocycles. The normalized spacial score (nSPS) is 10.3. The maximum absolute atomic E-state index is 13.0. The van der Waals surface area contributed by atoms with Gasteiger partial charge >= 0.3 is 5.97 Å². The van der Waals surface area contributed by atoms with Gasteiger partial charge in [-0.1, -0.05) is 18.2 Å². The van der Waals surface area contributed by atoms with Crippen molar-refractivity contribution in [2.75, 3.05) is 17.6 Å². The predicted molar refractivity (Wildman–Crippen MR) is 107 cm³/mol. The topological polar surface area (TPSA) is 132 Å². The van der Waals surface area contributed by atoms with Gasteiger partial charge in [-0.05, 0) is 42.8 Å². The smallest absolute Gasteiger partial charge is 0.325 e. The van der Waals surface area contributed by atoms with Crippen LogP contribution < -0.4 is 16.4 Å². The van der Waals surface area contributed by atoms with Gasteiger partial charge < -0.3 is 21.1 Å². The molecule has 3 rings (SSSR count). The van der Waals surface area contributed by atoms with E-state index in [1.165, 1.54) is 24.3 Å². The van der Waals surface area contributed by atoms with Crippen LogP contribution in [-0.2, 0) is 16.1 Å². The lowest BCUT2D eigenvalue weighted by atomic mass is 10.1. The third kappa shape index (κ3) is 5.71. The fourth-order valence-corrected chi connectivity index (χ4v) is 2.49. The van der Waals surface area contributed by atoms with E-state index in [2.05, 4.69) is 25.6 Å². The highest BCUT2D eigenvalue weighted by molar-refractivity contribution is 5.97. The summed E-state index contributed by atoms with van der Waals surface area (Å²) < 4.78 is 18.1. The number of anilines is 3. The van der Waals surface area contributed by atoms with E-state index in [4.69, 9.17) is 10.5 Å². The summed E-state index contributed by atoms with van der Waals surface area (Å²) in [6, 6.07) is 12.6. The van der Waals surface area contributed by atoms with Crippen LogP contribution in [0.4, 0.5) is 22.0 Å². The number of carbonyl (C=O) groups is 2. The van der Waals surface area contributed by atoms with E-state index >= 15 is 0 Å². The van der Waals surface area contributed by atoms with E-state index in [0.717, 1.165) is 5.56 Å². The summed E-state index contributed by atoms with van der Waals surface area (Å²) in [5.74, 6) is -1.26. The SMILES string of the molecule is Cc1ccccc1C(=O)NCC(=O)OCc1nc(N)nc(Nc2ccc(F)cc2)n1. The molecule has 30 heavy (non-hydrogen) atoms. The number of esters is 1. The number of nitrogens with two attached hydrogens (primary N) is 1. The second kappa shape index (κ2) is 9.41. The number of aromatic nitrogens is 3. The number of nitrogen functional groups attached to an aromatic ring is 1. The van der Waals surface area contributed by atoms with Crippen LogP contribution in [0.15, 0.2) is 48.5 Å². The van der Waals surface area contributed by atoms with Crippen LogP contribution in [0.25, 0.3) is 0 Å². The molecule has 0 bridgehead atoms. The summed E-state index contributed by atoms with van der Waals surface area (Å²) in [6.07, 6.45) is 0. The van der Waals surface area contributed by atoms with Crippen molar-refractivity contribution in [2.45, 2.75) is 13.5 Å². The first-order valence-corrected chi connectivity index (χ1v) is 8.93. The van der Waals surface area contributed by atoms with Crippen LogP contribution in [0, 0.1) is 12.7 Å². The number of hydrogen-bond donors (Lipinski definition) is 3. The van der Waals surface area contributed by atoms with E-state index in [1.54, 1.807) is 25.1 Å². The van der Waals surface area contributed by atoms with Gasteiger partial charge in [-0.15, -0.1) is 0 Å². The third-order valence-electron chi connectivity index (χ3n) is 3.94. The molecule has 0 aliphatic heterocycles. The van der Waals surface area contributed by atoms with Crippen molar-refractivity contribution in [3.63, 3.8) is 0 Å². The van der Waals surface area contributed by atoms with E-state index in [1.807, 2.05) is 6.07 Å². The lowest BCUT2D eigenvalue weighted by molar-refractivity contribution is -0.143. The Morgan fingerprint density at radius 3 is 2.53 bits per heavy atom. The molecule has 1 amide bonds. The molecule has 9 nitrogen and oxygen atoms in total. The molecule has 0 saturated carbocycles. The molecule has 0 radical (unpaired) electrons. The molecular formula is C20H19FN6O3. The average Bonchev–Trinajstić information content (AvgIpc) is 2.72. The molecule has 154 valence electrons. The molecule has 4 N–H and O–H groups in total. The highest BCUT2D eigenvalue weighted by atomic mass is 19.1. The van der Waals surface area contributed by atoms with Crippen molar-refractivity contribution < 1.29 is 18.7 Å². The van der Waals surface area contributed by atoms with Crippen LogP contribution in [0.2, 0.25) is 0 Å². The van der Waals surface area contributed by atoms with Crippen LogP contribution >= 0.6 is 0 Å². The molecule has 0 fully saturated rings. The summed E-state index contributed by atoms with van der Waals surface area (Å²) >= 11 is 0. The lowest BCUT2D eigenvalue weighted by Crippen LogP contribution is -2.31. The predicted octanol–water partition coefficient (Wildman–Crippen LogP) is 2.12. The van der Waals surface area contributed by atoms with Gasteiger partial charge in [0, 0.05) is 11.3 Å². The van der Waals surface area contributed by atoms with Gasteiger partial charge in [0.2, 0.25) is 11.9 Å². The minimum Gasteiger partial charge on any atom is -0.456 e. The Morgan fingerprint density at radius 2 is 1.80 bits per heavy atom. The molecule has 0 unspecified atom stereocenters. The molecule has 1 heterocycles. The Kier molecular flexibility index (Phi) is 6.48. The van der Waals surface area contributed by atoms with Gasteiger partial charge in [0.25, 0.3) is 5.91 Å². The lowest BCUT2D eigenvalue weighted by Gasteiger charge is -2.09. The highest BCUT2D eigenvalue weighted by Crippen LogP contribution is 2.14. The second-order valence-electron chi connectivity index (χ2n) is 6.22. The Bertz CT molecular complexity index is 1060. The first-order valence-electron chi connectivity index (χ1n) is 8.93. The molecule has 0 aliphatic rings. The maximum Gasteiger partial charge on any atom is 0.325 e. The van der Waals surface area contributed by atoms with E-state index in [0.29, 0.717) is 11.3 Å². The van der Waals surface area contributed by atoms with Gasteiger partial charge in [-0.2, -0.15) is 15.0 Å². The molecule has 0 saturated heterocycles. The average molecular weight is 410 g/mol. The van der Waals surface area contributed by atoms with Crippen LogP contribution in [0.3, 0.4) is 0 Å². The van der Waals surface area contributed by atoms with Gasteiger partial charge in [0.05, 0.1) is 0 Å².